The highest BCUT2D eigenvalue weighted by Gasteiger charge is 2.19. The molecule has 0 N–H and O–H groups in total. The van der Waals surface area contributed by atoms with Crippen LogP contribution >= 0.6 is 8.03 Å². The van der Waals surface area contributed by atoms with Gasteiger partial charge < -0.3 is 9.26 Å². The average molecular weight is 382 g/mol. The van der Waals surface area contributed by atoms with Crippen molar-refractivity contribution in [1.82, 2.24) is 0 Å². The molecule has 0 amide bonds. The minimum atomic E-state index is -2.77. The molecule has 2 unspecified atom stereocenters. The third-order valence-electron chi connectivity index (χ3n) is 4.27. The molecule has 5 heteroatoms. The van der Waals surface area contributed by atoms with Crippen molar-refractivity contribution >= 4 is 13.6 Å². The Labute approximate surface area is 159 Å². The lowest BCUT2D eigenvalue weighted by Gasteiger charge is -2.23. The van der Waals surface area contributed by atoms with E-state index in [1.54, 1.807) is 0 Å². The summed E-state index contributed by atoms with van der Waals surface area (Å²) < 4.78 is 23.0. The Morgan fingerprint density at radius 1 is 1.08 bits per heavy atom. The Bertz CT molecular complexity index is 608. The Hall–Kier alpha value is -0.960. The lowest BCUT2D eigenvalue weighted by atomic mass is 9.84. The van der Waals surface area contributed by atoms with Crippen molar-refractivity contribution in [3.8, 4) is 0 Å². The predicted molar refractivity (Wildman–Crippen MR) is 109 cm³/mol. The minimum Gasteiger partial charge on any atom is -0.379 e. The maximum absolute atomic E-state index is 12.4. The first kappa shape index (κ1) is 23.1. The molecule has 148 valence electrons. The lowest BCUT2D eigenvalue weighted by molar-refractivity contribution is 0.0871. The monoisotopic (exact) mass is 382 g/mol. The fourth-order valence-electron chi connectivity index (χ4n) is 3.43. The van der Waals surface area contributed by atoms with Gasteiger partial charge in [-0.3, -0.25) is 9.36 Å². The standard InChI is InChI=1S/C21H35O4P/c1-15(14-21(5,6)7)8-9-24-10-11-25-26(23)20(22)19-17(3)12-16(2)13-18(19)4/h12-13,15,26H,8-11,14H2,1-7H3. The summed E-state index contributed by atoms with van der Waals surface area (Å²) in [5.41, 5.74) is 3.23. The smallest absolute Gasteiger partial charge is 0.260 e. The summed E-state index contributed by atoms with van der Waals surface area (Å²) in [6.45, 7) is 15.9. The maximum Gasteiger partial charge on any atom is 0.260 e. The number of hydrogen-bond acceptors (Lipinski definition) is 4. The van der Waals surface area contributed by atoms with E-state index >= 15 is 0 Å². The van der Waals surface area contributed by atoms with Crippen molar-refractivity contribution in [3.05, 3.63) is 34.4 Å². The zero-order valence-corrected chi connectivity index (χ0v) is 18.4. The molecule has 1 aromatic rings. The number of ether oxygens (including phenoxy) is 1. The van der Waals surface area contributed by atoms with E-state index in [-0.39, 0.29) is 6.61 Å². The zero-order valence-electron chi connectivity index (χ0n) is 17.4. The number of benzene rings is 1. The summed E-state index contributed by atoms with van der Waals surface area (Å²) in [7, 11) is -2.77. The molecule has 0 radical (unpaired) electrons. The van der Waals surface area contributed by atoms with Crippen LogP contribution in [0.25, 0.3) is 0 Å². The highest BCUT2D eigenvalue weighted by Crippen LogP contribution is 2.31. The highest BCUT2D eigenvalue weighted by molar-refractivity contribution is 7.60. The first-order valence-electron chi connectivity index (χ1n) is 9.38. The molecule has 0 saturated carbocycles. The molecule has 2 atom stereocenters. The van der Waals surface area contributed by atoms with E-state index in [4.69, 9.17) is 9.26 Å². The molecule has 0 bridgehead atoms. The summed E-state index contributed by atoms with van der Waals surface area (Å²) in [5.74, 6) is 0.601. The van der Waals surface area contributed by atoms with Crippen LogP contribution in [-0.4, -0.2) is 25.3 Å². The Balaban J connectivity index is 2.34. The van der Waals surface area contributed by atoms with Gasteiger partial charge in [0.25, 0.3) is 8.03 Å². The predicted octanol–water partition coefficient (Wildman–Crippen LogP) is 5.72. The van der Waals surface area contributed by atoms with E-state index in [1.165, 1.54) is 0 Å². The van der Waals surface area contributed by atoms with Crippen LogP contribution < -0.4 is 0 Å². The van der Waals surface area contributed by atoms with Crippen molar-refractivity contribution in [3.63, 3.8) is 0 Å². The molecule has 0 aliphatic carbocycles. The second-order valence-electron chi connectivity index (χ2n) is 8.51. The quantitative estimate of drug-likeness (QED) is 0.383. The van der Waals surface area contributed by atoms with E-state index in [2.05, 4.69) is 27.7 Å². The van der Waals surface area contributed by atoms with E-state index in [1.807, 2.05) is 32.9 Å². The molecule has 1 aromatic carbocycles. The molecule has 26 heavy (non-hydrogen) atoms. The maximum atomic E-state index is 12.4. The molecule has 4 nitrogen and oxygen atoms in total. The summed E-state index contributed by atoms with van der Waals surface area (Å²) in [5, 5.41) is 0. The van der Waals surface area contributed by atoms with Crippen molar-refractivity contribution < 1.29 is 18.6 Å². The van der Waals surface area contributed by atoms with Crippen LogP contribution in [0.4, 0.5) is 0 Å². The number of carbonyl (C=O) groups is 1. The van der Waals surface area contributed by atoms with Crippen molar-refractivity contribution in [2.75, 3.05) is 19.8 Å². The minimum absolute atomic E-state index is 0.182. The molecular formula is C21H35O4P. The Morgan fingerprint density at radius 3 is 2.19 bits per heavy atom. The van der Waals surface area contributed by atoms with Gasteiger partial charge in [0.05, 0.1) is 13.2 Å². The van der Waals surface area contributed by atoms with E-state index in [9.17, 15) is 9.36 Å². The largest absolute Gasteiger partial charge is 0.379 e. The number of aryl methyl sites for hydroxylation is 3. The van der Waals surface area contributed by atoms with Crippen LogP contribution in [-0.2, 0) is 13.8 Å². The van der Waals surface area contributed by atoms with Crippen LogP contribution in [0.5, 0.6) is 0 Å². The molecule has 0 heterocycles. The molecule has 0 saturated heterocycles. The number of carbonyl (C=O) groups excluding carboxylic acids is 1. The Kier molecular flexibility index (Phi) is 9.23. The van der Waals surface area contributed by atoms with Crippen LogP contribution in [0, 0.1) is 32.1 Å². The van der Waals surface area contributed by atoms with Crippen molar-refractivity contribution in [1.29, 1.82) is 0 Å². The molecule has 0 spiro atoms. The fourth-order valence-corrected chi connectivity index (χ4v) is 4.43. The van der Waals surface area contributed by atoms with Gasteiger partial charge in [0.15, 0.2) is 0 Å². The first-order valence-corrected chi connectivity index (χ1v) is 10.7. The topological polar surface area (TPSA) is 52.6 Å². The molecule has 0 aromatic heterocycles. The molecule has 1 rings (SSSR count). The molecule has 0 aliphatic heterocycles. The number of rotatable bonds is 10. The third kappa shape index (κ3) is 8.16. The summed E-state index contributed by atoms with van der Waals surface area (Å²) in [6.07, 6.45) is 2.15. The number of hydrogen-bond donors (Lipinski definition) is 0. The first-order chi connectivity index (χ1) is 12.0. The highest BCUT2D eigenvalue weighted by atomic mass is 31.1. The van der Waals surface area contributed by atoms with E-state index in [0.29, 0.717) is 30.1 Å². The van der Waals surface area contributed by atoms with Gasteiger partial charge in [0, 0.05) is 12.2 Å². The SMILES string of the molecule is Cc1cc(C)c(C(=O)[PH](=O)OCCOCCC(C)CC(C)(C)C)c(C)c1. The van der Waals surface area contributed by atoms with Crippen molar-refractivity contribution in [2.45, 2.75) is 61.3 Å². The molecular weight excluding hydrogens is 347 g/mol. The summed E-state index contributed by atoms with van der Waals surface area (Å²) >= 11 is 0. The van der Waals surface area contributed by atoms with Crippen LogP contribution in [0.2, 0.25) is 0 Å². The van der Waals surface area contributed by atoms with Gasteiger partial charge in [0.2, 0.25) is 5.52 Å². The fraction of sp³-hybridized carbons (Fsp3) is 0.667. The van der Waals surface area contributed by atoms with Gasteiger partial charge in [0.1, 0.15) is 0 Å². The van der Waals surface area contributed by atoms with E-state index in [0.717, 1.165) is 29.5 Å². The van der Waals surface area contributed by atoms with Crippen LogP contribution in [0.1, 0.15) is 67.6 Å². The van der Waals surface area contributed by atoms with Gasteiger partial charge in [-0.05, 0) is 56.1 Å². The normalized spacial score (nSPS) is 14.3. The lowest BCUT2D eigenvalue weighted by Crippen LogP contribution is -2.13. The average Bonchev–Trinajstić information content (AvgIpc) is 2.47. The molecule has 0 aliphatic rings. The summed E-state index contributed by atoms with van der Waals surface area (Å²) in [4.78, 5) is 12.4. The van der Waals surface area contributed by atoms with Gasteiger partial charge >= 0.3 is 0 Å². The van der Waals surface area contributed by atoms with Gasteiger partial charge in [-0.1, -0.05) is 45.4 Å². The van der Waals surface area contributed by atoms with Crippen LogP contribution in [0.15, 0.2) is 12.1 Å². The van der Waals surface area contributed by atoms with Gasteiger partial charge in [-0.15, -0.1) is 0 Å². The second kappa shape index (κ2) is 10.4. The summed E-state index contributed by atoms with van der Waals surface area (Å²) in [6, 6.07) is 3.86. The third-order valence-corrected chi connectivity index (χ3v) is 5.35. The van der Waals surface area contributed by atoms with E-state index < -0.39 is 13.6 Å². The molecule has 0 fully saturated rings. The van der Waals surface area contributed by atoms with Gasteiger partial charge in [-0.25, -0.2) is 0 Å². The van der Waals surface area contributed by atoms with Gasteiger partial charge in [-0.2, -0.15) is 0 Å². The Morgan fingerprint density at radius 2 is 1.65 bits per heavy atom. The second-order valence-corrected chi connectivity index (χ2v) is 9.83. The van der Waals surface area contributed by atoms with Crippen LogP contribution in [0.3, 0.4) is 0 Å². The van der Waals surface area contributed by atoms with Crippen molar-refractivity contribution in [2.24, 2.45) is 11.3 Å². The zero-order chi connectivity index (χ0) is 19.9.